The van der Waals surface area contributed by atoms with Gasteiger partial charge >= 0.3 is 0 Å². The van der Waals surface area contributed by atoms with Gasteiger partial charge in [-0.15, -0.1) is 0 Å². The number of sulfonamides is 1. The standard InChI is InChI=1S/C15H20IN3O2S/c1-22(20,21)18-14-4-2-13(3-5-14)12-19-10-7-15(16,6-9-17)8-11-19/h2-5,18H,6-8,10-12H2,1H3. The van der Waals surface area contributed by atoms with Crippen LogP contribution in [0.2, 0.25) is 0 Å². The van der Waals surface area contributed by atoms with Crippen LogP contribution in [0, 0.1) is 11.3 Å². The van der Waals surface area contributed by atoms with Crippen LogP contribution in [-0.2, 0) is 16.6 Å². The Labute approximate surface area is 145 Å². The molecule has 1 aliphatic heterocycles. The van der Waals surface area contributed by atoms with Crippen LogP contribution < -0.4 is 4.72 Å². The first-order valence-corrected chi connectivity index (χ1v) is 10.1. The molecule has 1 heterocycles. The first-order chi connectivity index (χ1) is 10.3. The van der Waals surface area contributed by atoms with Crippen LogP contribution in [0.4, 0.5) is 5.69 Å². The van der Waals surface area contributed by atoms with Crippen LogP contribution in [-0.4, -0.2) is 36.1 Å². The number of halogens is 1. The van der Waals surface area contributed by atoms with Crippen molar-refractivity contribution in [3.63, 3.8) is 0 Å². The van der Waals surface area contributed by atoms with E-state index < -0.39 is 10.0 Å². The Morgan fingerprint density at radius 1 is 1.32 bits per heavy atom. The third-order valence-corrected chi connectivity index (χ3v) is 5.88. The first kappa shape index (κ1) is 17.5. The van der Waals surface area contributed by atoms with Crippen molar-refractivity contribution in [1.29, 1.82) is 5.26 Å². The second-order valence-corrected chi connectivity index (χ2v) is 9.87. The average Bonchev–Trinajstić information content (AvgIpc) is 2.42. The SMILES string of the molecule is CS(=O)(=O)Nc1ccc(CN2CCC(I)(CC#N)CC2)cc1. The van der Waals surface area contributed by atoms with Gasteiger partial charge in [0.2, 0.25) is 10.0 Å². The van der Waals surface area contributed by atoms with Gasteiger partial charge in [-0.3, -0.25) is 9.62 Å². The van der Waals surface area contributed by atoms with E-state index in [-0.39, 0.29) is 3.42 Å². The number of piperidine rings is 1. The zero-order valence-corrected chi connectivity index (χ0v) is 15.5. The third kappa shape index (κ3) is 5.41. The topological polar surface area (TPSA) is 73.2 Å². The van der Waals surface area contributed by atoms with Crippen LogP contribution in [0.15, 0.2) is 24.3 Å². The maximum Gasteiger partial charge on any atom is 0.229 e. The van der Waals surface area contributed by atoms with Crippen LogP contribution in [0.25, 0.3) is 0 Å². The van der Waals surface area contributed by atoms with E-state index in [2.05, 4.69) is 38.3 Å². The highest BCUT2D eigenvalue weighted by Gasteiger charge is 2.31. The predicted molar refractivity (Wildman–Crippen MR) is 96.4 cm³/mol. The van der Waals surface area contributed by atoms with E-state index in [1.807, 2.05) is 12.1 Å². The lowest BCUT2D eigenvalue weighted by Gasteiger charge is -2.36. The molecule has 0 unspecified atom stereocenters. The van der Waals surface area contributed by atoms with E-state index in [9.17, 15) is 8.42 Å². The van der Waals surface area contributed by atoms with E-state index in [1.165, 1.54) is 5.56 Å². The zero-order valence-electron chi connectivity index (χ0n) is 12.5. The Balaban J connectivity index is 1.89. The maximum absolute atomic E-state index is 11.2. The summed E-state index contributed by atoms with van der Waals surface area (Å²) in [4.78, 5) is 2.38. The van der Waals surface area contributed by atoms with Gasteiger partial charge in [0.1, 0.15) is 0 Å². The lowest BCUT2D eigenvalue weighted by Crippen LogP contribution is -2.40. The summed E-state index contributed by atoms with van der Waals surface area (Å²) in [5.74, 6) is 0. The van der Waals surface area contributed by atoms with E-state index >= 15 is 0 Å². The number of likely N-dealkylation sites (tertiary alicyclic amines) is 1. The molecular weight excluding hydrogens is 413 g/mol. The number of rotatable bonds is 5. The van der Waals surface area contributed by atoms with Gasteiger partial charge in [0.25, 0.3) is 0 Å². The molecule has 5 nitrogen and oxygen atoms in total. The van der Waals surface area contributed by atoms with Crippen LogP contribution in [0.3, 0.4) is 0 Å². The molecule has 1 aromatic carbocycles. The van der Waals surface area contributed by atoms with Crippen molar-refractivity contribution in [2.75, 3.05) is 24.1 Å². The smallest absolute Gasteiger partial charge is 0.229 e. The molecule has 0 saturated carbocycles. The summed E-state index contributed by atoms with van der Waals surface area (Å²) in [6, 6.07) is 9.77. The zero-order chi connectivity index (χ0) is 16.2. The minimum absolute atomic E-state index is 0.131. The first-order valence-electron chi connectivity index (χ1n) is 7.15. The van der Waals surface area contributed by atoms with Gasteiger partial charge in [0, 0.05) is 22.1 Å². The molecule has 1 saturated heterocycles. The van der Waals surface area contributed by atoms with Crippen molar-refractivity contribution in [3.05, 3.63) is 29.8 Å². The molecule has 0 amide bonds. The van der Waals surface area contributed by atoms with Gasteiger partial charge < -0.3 is 0 Å². The molecule has 120 valence electrons. The molecule has 0 bridgehead atoms. The van der Waals surface area contributed by atoms with Crippen molar-refractivity contribution in [1.82, 2.24) is 4.90 Å². The number of nitrogens with zero attached hydrogens (tertiary/aromatic N) is 2. The molecule has 1 aliphatic rings. The van der Waals surface area contributed by atoms with Gasteiger partial charge in [-0.05, 0) is 43.6 Å². The molecular formula is C15H20IN3O2S. The number of anilines is 1. The monoisotopic (exact) mass is 433 g/mol. The highest BCUT2D eigenvalue weighted by Crippen LogP contribution is 2.35. The quantitative estimate of drug-likeness (QED) is 0.573. The van der Waals surface area contributed by atoms with Crippen molar-refractivity contribution in [2.45, 2.75) is 29.2 Å². The normalized spacial score (nSPS) is 18.6. The van der Waals surface area contributed by atoms with Crippen molar-refractivity contribution in [2.24, 2.45) is 0 Å². The van der Waals surface area contributed by atoms with Gasteiger partial charge in [-0.1, -0.05) is 34.7 Å². The summed E-state index contributed by atoms with van der Waals surface area (Å²) in [6.07, 6.45) is 3.84. The second-order valence-electron chi connectivity index (χ2n) is 5.83. The molecule has 0 radical (unpaired) electrons. The van der Waals surface area contributed by atoms with Gasteiger partial charge in [0.05, 0.1) is 12.3 Å². The molecule has 1 aromatic rings. The predicted octanol–water partition coefficient (Wildman–Crippen LogP) is 2.74. The van der Waals surface area contributed by atoms with Crippen LogP contribution in [0.1, 0.15) is 24.8 Å². The largest absolute Gasteiger partial charge is 0.299 e. The Hall–Kier alpha value is -0.850. The highest BCUT2D eigenvalue weighted by molar-refractivity contribution is 14.1. The maximum atomic E-state index is 11.2. The number of alkyl halides is 1. The molecule has 2 rings (SSSR count). The molecule has 0 atom stereocenters. The number of hydrogen-bond donors (Lipinski definition) is 1. The number of nitrogens with one attached hydrogen (secondary N) is 1. The highest BCUT2D eigenvalue weighted by atomic mass is 127. The lowest BCUT2D eigenvalue weighted by molar-refractivity contribution is 0.199. The molecule has 0 aromatic heterocycles. The van der Waals surface area contributed by atoms with E-state index in [1.54, 1.807) is 12.1 Å². The van der Waals surface area contributed by atoms with Gasteiger partial charge in [-0.25, -0.2) is 8.42 Å². The minimum atomic E-state index is -3.22. The Morgan fingerprint density at radius 3 is 2.41 bits per heavy atom. The number of nitriles is 1. The van der Waals surface area contributed by atoms with Crippen molar-refractivity contribution >= 4 is 38.3 Å². The molecule has 1 N–H and O–H groups in total. The van der Waals surface area contributed by atoms with E-state index in [0.717, 1.165) is 38.7 Å². The van der Waals surface area contributed by atoms with Crippen LogP contribution >= 0.6 is 22.6 Å². The molecule has 22 heavy (non-hydrogen) atoms. The lowest BCUT2D eigenvalue weighted by atomic mass is 9.94. The molecule has 1 fully saturated rings. The summed E-state index contributed by atoms with van der Waals surface area (Å²) in [5, 5.41) is 8.87. The fraction of sp³-hybridized carbons (Fsp3) is 0.533. The Morgan fingerprint density at radius 2 is 1.91 bits per heavy atom. The van der Waals surface area contributed by atoms with Gasteiger partial charge in [0.15, 0.2) is 0 Å². The van der Waals surface area contributed by atoms with Crippen molar-refractivity contribution < 1.29 is 8.42 Å². The van der Waals surface area contributed by atoms with E-state index in [4.69, 9.17) is 5.26 Å². The fourth-order valence-electron chi connectivity index (χ4n) is 2.58. The summed E-state index contributed by atoms with van der Waals surface area (Å²) >= 11 is 2.43. The summed E-state index contributed by atoms with van der Waals surface area (Å²) < 4.78 is 24.9. The number of hydrogen-bond acceptors (Lipinski definition) is 4. The Kier molecular flexibility index (Phi) is 5.69. The van der Waals surface area contributed by atoms with E-state index in [0.29, 0.717) is 12.1 Å². The second kappa shape index (κ2) is 7.15. The Bertz CT molecular complexity index is 644. The number of benzene rings is 1. The summed E-state index contributed by atoms with van der Waals surface area (Å²) in [7, 11) is -3.22. The summed E-state index contributed by atoms with van der Waals surface area (Å²) in [5.41, 5.74) is 1.76. The molecule has 7 heteroatoms. The molecule has 0 spiro atoms. The average molecular weight is 433 g/mol. The minimum Gasteiger partial charge on any atom is -0.299 e. The summed E-state index contributed by atoms with van der Waals surface area (Å²) in [6.45, 7) is 2.85. The van der Waals surface area contributed by atoms with Gasteiger partial charge in [-0.2, -0.15) is 5.26 Å². The molecule has 0 aliphatic carbocycles. The van der Waals surface area contributed by atoms with Crippen molar-refractivity contribution in [3.8, 4) is 6.07 Å². The van der Waals surface area contributed by atoms with Crippen LogP contribution in [0.5, 0.6) is 0 Å². The fourth-order valence-corrected chi connectivity index (χ4v) is 3.80. The third-order valence-electron chi connectivity index (χ3n) is 3.81.